The summed E-state index contributed by atoms with van der Waals surface area (Å²) in [6.45, 7) is 3.82. The molecule has 0 bridgehead atoms. The fourth-order valence-corrected chi connectivity index (χ4v) is 3.72. The lowest BCUT2D eigenvalue weighted by molar-refractivity contribution is 0.306. The highest BCUT2D eigenvalue weighted by Crippen LogP contribution is 2.25. The molecule has 1 aliphatic heterocycles. The van der Waals surface area contributed by atoms with Gasteiger partial charge in [-0.2, -0.15) is 10.1 Å². The third-order valence-corrected chi connectivity index (χ3v) is 5.30. The molecule has 1 unspecified atom stereocenters. The standard InChI is InChI=1S/C23H27N5O/c1-2-20-10-6-7-15-28(20)22-16-24-27-23(26-22)25-19-11-13-21(14-12-19)29-17-18-8-4-3-5-9-18/h3-5,8-9,11-14,16,20H,2,6-7,10,15,17H2,1H3,(H,25,26,27). The Balaban J connectivity index is 1.39. The van der Waals surface area contributed by atoms with Crippen LogP contribution in [0.25, 0.3) is 0 Å². The van der Waals surface area contributed by atoms with E-state index in [-0.39, 0.29) is 0 Å². The highest BCUT2D eigenvalue weighted by atomic mass is 16.5. The number of nitrogens with one attached hydrogen (secondary N) is 1. The maximum atomic E-state index is 5.84. The van der Waals surface area contributed by atoms with Crippen LogP contribution < -0.4 is 15.0 Å². The molecule has 0 aliphatic carbocycles. The number of rotatable bonds is 7. The first-order chi connectivity index (χ1) is 14.3. The number of ether oxygens (including phenoxy) is 1. The zero-order valence-electron chi connectivity index (χ0n) is 16.8. The van der Waals surface area contributed by atoms with E-state index in [1.165, 1.54) is 19.3 Å². The lowest BCUT2D eigenvalue weighted by atomic mass is 10.0. The molecule has 4 rings (SSSR count). The van der Waals surface area contributed by atoms with Gasteiger partial charge in [0.2, 0.25) is 5.95 Å². The van der Waals surface area contributed by atoms with Crippen LogP contribution in [-0.4, -0.2) is 27.8 Å². The molecule has 0 amide bonds. The van der Waals surface area contributed by atoms with Gasteiger partial charge in [0.1, 0.15) is 12.4 Å². The number of anilines is 3. The van der Waals surface area contributed by atoms with E-state index in [4.69, 9.17) is 9.72 Å². The topological polar surface area (TPSA) is 63.2 Å². The molecule has 1 fully saturated rings. The second kappa shape index (κ2) is 9.37. The van der Waals surface area contributed by atoms with Crippen molar-refractivity contribution in [1.82, 2.24) is 15.2 Å². The summed E-state index contributed by atoms with van der Waals surface area (Å²) >= 11 is 0. The molecule has 1 saturated heterocycles. The molecule has 0 radical (unpaired) electrons. The monoisotopic (exact) mass is 389 g/mol. The number of nitrogens with zero attached hydrogens (tertiary/aromatic N) is 4. The molecule has 150 valence electrons. The summed E-state index contributed by atoms with van der Waals surface area (Å²) in [5.41, 5.74) is 2.05. The number of aromatic nitrogens is 3. The maximum Gasteiger partial charge on any atom is 0.249 e. The molecule has 0 saturated carbocycles. The van der Waals surface area contributed by atoms with Crippen LogP contribution >= 0.6 is 0 Å². The van der Waals surface area contributed by atoms with Gasteiger partial charge in [0.05, 0.1) is 6.20 Å². The molecule has 1 atom stereocenters. The van der Waals surface area contributed by atoms with Crippen molar-refractivity contribution in [2.24, 2.45) is 0 Å². The van der Waals surface area contributed by atoms with E-state index in [9.17, 15) is 0 Å². The van der Waals surface area contributed by atoms with Crippen molar-refractivity contribution in [2.75, 3.05) is 16.8 Å². The third-order valence-electron chi connectivity index (χ3n) is 5.30. The minimum atomic E-state index is 0.515. The number of hydrogen-bond acceptors (Lipinski definition) is 6. The zero-order chi connectivity index (χ0) is 19.9. The van der Waals surface area contributed by atoms with E-state index < -0.39 is 0 Å². The molecule has 1 N–H and O–H groups in total. The van der Waals surface area contributed by atoms with E-state index in [1.807, 2.05) is 42.5 Å². The van der Waals surface area contributed by atoms with E-state index in [0.29, 0.717) is 18.6 Å². The van der Waals surface area contributed by atoms with Gasteiger partial charge in [-0.15, -0.1) is 5.10 Å². The Labute approximate surface area is 172 Å². The van der Waals surface area contributed by atoms with Crippen molar-refractivity contribution in [1.29, 1.82) is 0 Å². The Morgan fingerprint density at radius 2 is 1.90 bits per heavy atom. The van der Waals surface area contributed by atoms with Crippen LogP contribution in [0.2, 0.25) is 0 Å². The quantitative estimate of drug-likeness (QED) is 0.616. The SMILES string of the molecule is CCC1CCCCN1c1cnnc(Nc2ccc(OCc3ccccc3)cc2)n1. The maximum absolute atomic E-state index is 5.84. The van der Waals surface area contributed by atoms with Crippen LogP contribution in [-0.2, 0) is 6.61 Å². The largest absolute Gasteiger partial charge is 0.489 e. The molecular formula is C23H27N5O. The van der Waals surface area contributed by atoms with Gasteiger partial charge in [0.25, 0.3) is 0 Å². The summed E-state index contributed by atoms with van der Waals surface area (Å²) in [7, 11) is 0. The van der Waals surface area contributed by atoms with Crippen LogP contribution in [0.5, 0.6) is 5.75 Å². The highest BCUT2D eigenvalue weighted by Gasteiger charge is 2.22. The summed E-state index contributed by atoms with van der Waals surface area (Å²) in [4.78, 5) is 7.06. The fourth-order valence-electron chi connectivity index (χ4n) is 3.72. The number of hydrogen-bond donors (Lipinski definition) is 1. The van der Waals surface area contributed by atoms with Gasteiger partial charge in [0, 0.05) is 18.3 Å². The minimum Gasteiger partial charge on any atom is -0.489 e. The van der Waals surface area contributed by atoms with E-state index >= 15 is 0 Å². The van der Waals surface area contributed by atoms with Gasteiger partial charge >= 0.3 is 0 Å². The Hall–Kier alpha value is -3.15. The molecule has 29 heavy (non-hydrogen) atoms. The molecule has 1 aromatic heterocycles. The first-order valence-corrected chi connectivity index (χ1v) is 10.3. The van der Waals surface area contributed by atoms with Crippen molar-refractivity contribution in [2.45, 2.75) is 45.3 Å². The van der Waals surface area contributed by atoms with Gasteiger partial charge in [-0.3, -0.25) is 0 Å². The zero-order valence-corrected chi connectivity index (χ0v) is 16.8. The van der Waals surface area contributed by atoms with Crippen LogP contribution in [0, 0.1) is 0 Å². The fraction of sp³-hybridized carbons (Fsp3) is 0.348. The molecule has 1 aliphatic rings. The van der Waals surface area contributed by atoms with Crippen LogP contribution in [0.3, 0.4) is 0 Å². The molecule has 2 heterocycles. The van der Waals surface area contributed by atoms with Gasteiger partial charge < -0.3 is 15.0 Å². The first-order valence-electron chi connectivity index (χ1n) is 10.3. The Kier molecular flexibility index (Phi) is 6.19. The first kappa shape index (κ1) is 19.2. The van der Waals surface area contributed by atoms with Crippen molar-refractivity contribution in [3.63, 3.8) is 0 Å². The van der Waals surface area contributed by atoms with E-state index in [1.54, 1.807) is 6.20 Å². The van der Waals surface area contributed by atoms with Crippen molar-refractivity contribution < 1.29 is 4.74 Å². The Bertz CT molecular complexity index is 901. The minimum absolute atomic E-state index is 0.515. The van der Waals surface area contributed by atoms with Crippen molar-refractivity contribution in [3.8, 4) is 5.75 Å². The summed E-state index contributed by atoms with van der Waals surface area (Å²) in [5, 5.41) is 11.6. The van der Waals surface area contributed by atoms with Crippen LogP contribution in [0.1, 0.15) is 38.2 Å². The summed E-state index contributed by atoms with van der Waals surface area (Å²) in [6, 6.07) is 18.5. The lowest BCUT2D eigenvalue weighted by Gasteiger charge is -2.35. The molecular weight excluding hydrogens is 362 g/mol. The molecule has 2 aromatic carbocycles. The second-order valence-electron chi connectivity index (χ2n) is 7.31. The van der Waals surface area contributed by atoms with E-state index in [2.05, 4.69) is 39.5 Å². The second-order valence-corrected chi connectivity index (χ2v) is 7.31. The van der Waals surface area contributed by atoms with Gasteiger partial charge in [-0.25, -0.2) is 0 Å². The van der Waals surface area contributed by atoms with Gasteiger partial charge in [0.15, 0.2) is 5.82 Å². The average molecular weight is 390 g/mol. The normalized spacial score (nSPS) is 16.4. The predicted octanol–water partition coefficient (Wildman–Crippen LogP) is 4.96. The molecule has 6 nitrogen and oxygen atoms in total. The van der Waals surface area contributed by atoms with E-state index in [0.717, 1.165) is 35.8 Å². The smallest absolute Gasteiger partial charge is 0.249 e. The van der Waals surface area contributed by atoms with Gasteiger partial charge in [-0.1, -0.05) is 37.3 Å². The third kappa shape index (κ3) is 5.02. The number of benzene rings is 2. The van der Waals surface area contributed by atoms with Crippen LogP contribution in [0.4, 0.5) is 17.5 Å². The molecule has 6 heteroatoms. The summed E-state index contributed by atoms with van der Waals surface area (Å²) < 4.78 is 5.84. The summed E-state index contributed by atoms with van der Waals surface area (Å²) in [6.07, 6.45) is 6.59. The molecule has 0 spiro atoms. The molecule has 3 aromatic rings. The van der Waals surface area contributed by atoms with Crippen molar-refractivity contribution >= 4 is 17.5 Å². The average Bonchev–Trinajstić information content (AvgIpc) is 2.79. The number of piperidine rings is 1. The predicted molar refractivity (Wildman–Crippen MR) is 116 cm³/mol. The Morgan fingerprint density at radius 3 is 2.69 bits per heavy atom. The Morgan fingerprint density at radius 1 is 1.07 bits per heavy atom. The van der Waals surface area contributed by atoms with Crippen molar-refractivity contribution in [3.05, 3.63) is 66.4 Å². The highest BCUT2D eigenvalue weighted by molar-refractivity contribution is 5.55. The summed E-state index contributed by atoms with van der Waals surface area (Å²) in [5.74, 6) is 2.24. The van der Waals surface area contributed by atoms with Gasteiger partial charge in [-0.05, 0) is 55.5 Å². The lowest BCUT2D eigenvalue weighted by Crippen LogP contribution is -2.39. The van der Waals surface area contributed by atoms with Crippen LogP contribution in [0.15, 0.2) is 60.8 Å².